The van der Waals surface area contributed by atoms with Crippen LogP contribution in [-0.4, -0.2) is 40.0 Å². The van der Waals surface area contributed by atoms with Gasteiger partial charge in [-0.25, -0.2) is 0 Å². The number of anilines is 1. The Kier molecular flexibility index (Phi) is 3.88. The Morgan fingerprint density at radius 2 is 2.24 bits per heavy atom. The van der Waals surface area contributed by atoms with E-state index in [1.807, 2.05) is 17.0 Å². The van der Waals surface area contributed by atoms with Crippen molar-refractivity contribution in [3.8, 4) is 0 Å². The van der Waals surface area contributed by atoms with E-state index in [-0.39, 0.29) is 11.9 Å². The molecule has 0 aliphatic carbocycles. The lowest BCUT2D eigenvalue weighted by atomic mass is 10.1. The molecule has 0 fully saturated rings. The molecule has 2 heterocycles. The summed E-state index contributed by atoms with van der Waals surface area (Å²) in [4.78, 5) is 16.9. The Balaban J connectivity index is 1.97. The summed E-state index contributed by atoms with van der Waals surface area (Å²) in [6.07, 6.45) is 0.918. The van der Waals surface area contributed by atoms with Crippen molar-refractivity contribution in [3.63, 3.8) is 0 Å². The van der Waals surface area contributed by atoms with Crippen LogP contribution in [-0.2, 0) is 6.54 Å². The number of para-hydroxylation sites is 1. The highest BCUT2D eigenvalue weighted by atomic mass is 32.1. The standard InChI is InChI=1S/C15H18N4OS/c1-3-12-9-18(2)14-7-5-4-6-11(14)8-19(12)15(20)13-10-21-17-16-13/h4-7,10,12H,3,8-9H2,1-2H3/t12-/m1/s1. The van der Waals surface area contributed by atoms with Crippen molar-refractivity contribution >= 4 is 23.1 Å². The molecule has 0 saturated carbocycles. The molecule has 0 spiro atoms. The van der Waals surface area contributed by atoms with Crippen LogP contribution in [0.3, 0.4) is 0 Å². The zero-order valence-corrected chi connectivity index (χ0v) is 13.0. The summed E-state index contributed by atoms with van der Waals surface area (Å²) >= 11 is 1.21. The number of hydrogen-bond donors (Lipinski definition) is 0. The van der Waals surface area contributed by atoms with Crippen LogP contribution in [0.15, 0.2) is 29.6 Å². The lowest BCUT2D eigenvalue weighted by Gasteiger charge is -2.30. The van der Waals surface area contributed by atoms with Crippen LogP contribution >= 0.6 is 11.5 Å². The first kappa shape index (κ1) is 14.0. The predicted octanol–water partition coefficient (Wildman–Crippen LogP) is 2.41. The third kappa shape index (κ3) is 2.63. The molecule has 0 N–H and O–H groups in total. The molecular weight excluding hydrogens is 284 g/mol. The van der Waals surface area contributed by atoms with Crippen LogP contribution in [0.4, 0.5) is 5.69 Å². The Morgan fingerprint density at radius 3 is 2.95 bits per heavy atom. The van der Waals surface area contributed by atoms with Gasteiger partial charge in [-0.1, -0.05) is 29.6 Å². The molecule has 0 saturated heterocycles. The first-order valence-electron chi connectivity index (χ1n) is 7.07. The Morgan fingerprint density at radius 1 is 1.43 bits per heavy atom. The van der Waals surface area contributed by atoms with Crippen molar-refractivity contribution in [1.29, 1.82) is 0 Å². The number of carbonyl (C=O) groups excluding carboxylic acids is 1. The highest BCUT2D eigenvalue weighted by Gasteiger charge is 2.30. The number of fused-ring (bicyclic) bond motifs is 1. The molecule has 1 aliphatic heterocycles. The molecule has 0 unspecified atom stereocenters. The minimum Gasteiger partial charge on any atom is -0.372 e. The van der Waals surface area contributed by atoms with Gasteiger partial charge in [0, 0.05) is 37.2 Å². The van der Waals surface area contributed by atoms with Gasteiger partial charge in [-0.2, -0.15) is 0 Å². The molecule has 0 bridgehead atoms. The van der Waals surface area contributed by atoms with Crippen LogP contribution in [0.25, 0.3) is 0 Å². The summed E-state index contributed by atoms with van der Waals surface area (Å²) in [5.74, 6) is -0.0271. The molecule has 1 atom stereocenters. The number of rotatable bonds is 2. The number of carbonyl (C=O) groups is 1. The second-order valence-electron chi connectivity index (χ2n) is 5.29. The van der Waals surface area contributed by atoms with Gasteiger partial charge in [0.15, 0.2) is 5.69 Å². The zero-order valence-electron chi connectivity index (χ0n) is 12.2. The molecule has 6 heteroatoms. The summed E-state index contributed by atoms with van der Waals surface area (Å²) in [6, 6.07) is 8.44. The summed E-state index contributed by atoms with van der Waals surface area (Å²) in [5, 5.41) is 5.65. The second-order valence-corrected chi connectivity index (χ2v) is 5.90. The largest absolute Gasteiger partial charge is 0.372 e. The zero-order chi connectivity index (χ0) is 14.8. The van der Waals surface area contributed by atoms with Gasteiger partial charge in [-0.15, -0.1) is 5.10 Å². The highest BCUT2D eigenvalue weighted by molar-refractivity contribution is 7.03. The van der Waals surface area contributed by atoms with E-state index in [1.165, 1.54) is 22.8 Å². The summed E-state index contributed by atoms with van der Waals surface area (Å²) in [5.41, 5.74) is 2.82. The predicted molar refractivity (Wildman–Crippen MR) is 83.6 cm³/mol. The van der Waals surface area contributed by atoms with Gasteiger partial charge in [0.2, 0.25) is 0 Å². The average molecular weight is 302 g/mol. The van der Waals surface area contributed by atoms with Crippen LogP contribution < -0.4 is 4.90 Å². The van der Waals surface area contributed by atoms with Gasteiger partial charge in [0.1, 0.15) is 0 Å². The maximum Gasteiger partial charge on any atom is 0.275 e. The molecule has 1 aromatic heterocycles. The molecular formula is C15H18N4OS. The van der Waals surface area contributed by atoms with Gasteiger partial charge in [0.25, 0.3) is 5.91 Å². The minimum absolute atomic E-state index is 0.0271. The van der Waals surface area contributed by atoms with Crippen LogP contribution in [0.2, 0.25) is 0 Å². The number of aromatic nitrogens is 2. The van der Waals surface area contributed by atoms with Crippen LogP contribution in [0.1, 0.15) is 29.4 Å². The molecule has 5 nitrogen and oxygen atoms in total. The number of hydrogen-bond acceptors (Lipinski definition) is 5. The van der Waals surface area contributed by atoms with Crippen molar-refractivity contribution in [3.05, 3.63) is 40.9 Å². The molecule has 110 valence electrons. The quantitative estimate of drug-likeness (QED) is 0.855. The monoisotopic (exact) mass is 302 g/mol. The summed E-state index contributed by atoms with van der Waals surface area (Å²) < 4.78 is 3.81. The van der Waals surface area contributed by atoms with Gasteiger partial charge in [0.05, 0.1) is 0 Å². The highest BCUT2D eigenvalue weighted by Crippen LogP contribution is 2.27. The normalized spacial score (nSPS) is 18.3. The number of benzene rings is 1. The average Bonchev–Trinajstić information content (AvgIpc) is 3.00. The SMILES string of the molecule is CC[C@@H]1CN(C)c2ccccc2CN1C(=O)c1csnn1. The number of amides is 1. The summed E-state index contributed by atoms with van der Waals surface area (Å²) in [6.45, 7) is 3.57. The van der Waals surface area contributed by atoms with Gasteiger partial charge >= 0.3 is 0 Å². The first-order valence-corrected chi connectivity index (χ1v) is 7.91. The van der Waals surface area contributed by atoms with E-state index >= 15 is 0 Å². The van der Waals surface area contributed by atoms with E-state index in [1.54, 1.807) is 5.38 Å². The first-order chi connectivity index (χ1) is 10.2. The van der Waals surface area contributed by atoms with Gasteiger partial charge in [-0.05, 0) is 29.6 Å². The van der Waals surface area contributed by atoms with E-state index in [9.17, 15) is 4.79 Å². The summed E-state index contributed by atoms with van der Waals surface area (Å²) in [7, 11) is 2.08. The number of nitrogens with zero attached hydrogens (tertiary/aromatic N) is 4. The molecule has 1 aliphatic rings. The van der Waals surface area contributed by atoms with E-state index in [2.05, 4.69) is 40.6 Å². The van der Waals surface area contributed by atoms with Crippen LogP contribution in [0.5, 0.6) is 0 Å². The fourth-order valence-electron chi connectivity index (χ4n) is 2.83. The van der Waals surface area contributed by atoms with E-state index in [0.717, 1.165) is 13.0 Å². The fourth-order valence-corrected chi connectivity index (χ4v) is 3.26. The van der Waals surface area contributed by atoms with Crippen molar-refractivity contribution < 1.29 is 4.79 Å². The Bertz CT molecular complexity index is 628. The maximum atomic E-state index is 12.7. The van der Waals surface area contributed by atoms with Crippen LogP contribution in [0, 0.1) is 0 Å². The molecule has 3 rings (SSSR count). The van der Waals surface area contributed by atoms with Crippen molar-refractivity contribution in [2.45, 2.75) is 25.9 Å². The second kappa shape index (κ2) is 5.81. The van der Waals surface area contributed by atoms with E-state index < -0.39 is 0 Å². The van der Waals surface area contributed by atoms with Crippen molar-refractivity contribution in [1.82, 2.24) is 14.5 Å². The van der Waals surface area contributed by atoms with Crippen molar-refractivity contribution in [2.24, 2.45) is 0 Å². The topological polar surface area (TPSA) is 49.3 Å². The molecule has 2 aromatic rings. The minimum atomic E-state index is -0.0271. The van der Waals surface area contributed by atoms with E-state index in [0.29, 0.717) is 12.2 Å². The molecule has 1 aromatic carbocycles. The Labute approximate surface area is 128 Å². The smallest absolute Gasteiger partial charge is 0.275 e. The van der Waals surface area contributed by atoms with E-state index in [4.69, 9.17) is 0 Å². The fraction of sp³-hybridized carbons (Fsp3) is 0.400. The number of likely N-dealkylation sites (N-methyl/N-ethyl adjacent to an activating group) is 1. The Hall–Kier alpha value is -1.95. The lowest BCUT2D eigenvalue weighted by Crippen LogP contribution is -2.43. The maximum absolute atomic E-state index is 12.7. The molecule has 1 amide bonds. The lowest BCUT2D eigenvalue weighted by molar-refractivity contribution is 0.0661. The van der Waals surface area contributed by atoms with Gasteiger partial charge in [-0.3, -0.25) is 4.79 Å². The van der Waals surface area contributed by atoms with Gasteiger partial charge < -0.3 is 9.80 Å². The third-order valence-electron chi connectivity index (χ3n) is 3.98. The third-order valence-corrected chi connectivity index (χ3v) is 4.48. The molecule has 21 heavy (non-hydrogen) atoms. The molecule has 0 radical (unpaired) electrons. The van der Waals surface area contributed by atoms with Crippen molar-refractivity contribution in [2.75, 3.05) is 18.5 Å².